The van der Waals surface area contributed by atoms with Gasteiger partial charge in [0.25, 0.3) is 0 Å². The Morgan fingerprint density at radius 2 is 1.32 bits per heavy atom. The van der Waals surface area contributed by atoms with Crippen LogP contribution in [0.15, 0.2) is 42.5 Å². The van der Waals surface area contributed by atoms with Crippen molar-refractivity contribution in [2.24, 2.45) is 0 Å². The maximum atomic E-state index is 2.40. The topological polar surface area (TPSA) is 0 Å². The second kappa shape index (κ2) is 3.96. The van der Waals surface area contributed by atoms with Crippen LogP contribution in [0.4, 0.5) is 0 Å². The van der Waals surface area contributed by atoms with Crippen molar-refractivity contribution in [3.05, 3.63) is 58.5 Å². The lowest BCUT2D eigenvalue weighted by molar-refractivity contribution is 1.13. The van der Waals surface area contributed by atoms with Crippen LogP contribution in [-0.4, -0.2) is 0 Å². The first-order valence-electron chi connectivity index (χ1n) is 6.96. The van der Waals surface area contributed by atoms with Gasteiger partial charge in [-0.1, -0.05) is 60.2 Å². The minimum Gasteiger partial charge on any atom is -0.0757 e. The molecular weight excluding hydrogens is 228 g/mol. The average Bonchev–Trinajstić information content (AvgIpc) is 2.47. The highest BCUT2D eigenvalue weighted by Gasteiger charge is 2.07. The number of hydrogen-bond acceptors (Lipinski definition) is 0. The van der Waals surface area contributed by atoms with Crippen LogP contribution in [0.1, 0.15) is 18.4 Å². The number of benzene rings is 3. The highest BCUT2D eigenvalue weighted by Crippen LogP contribution is 2.22. The molecule has 0 fully saturated rings. The molecule has 0 amide bonds. The zero-order valence-corrected chi connectivity index (χ0v) is 11.1. The summed E-state index contributed by atoms with van der Waals surface area (Å²) in [6.07, 6.45) is 7.12. The van der Waals surface area contributed by atoms with Crippen molar-refractivity contribution in [2.45, 2.75) is 19.8 Å². The van der Waals surface area contributed by atoms with Crippen LogP contribution in [0.5, 0.6) is 0 Å². The maximum Gasteiger partial charge on any atom is -0.00964 e. The predicted octanol–water partition coefficient (Wildman–Crippen LogP) is 3.66. The second-order valence-electron chi connectivity index (χ2n) is 5.41. The molecule has 0 N–H and O–H groups in total. The molecule has 0 nitrogen and oxygen atoms in total. The zero-order chi connectivity index (χ0) is 12.8. The van der Waals surface area contributed by atoms with Gasteiger partial charge in [-0.25, -0.2) is 0 Å². The molecule has 0 saturated carbocycles. The Balaban J connectivity index is 2.43. The fourth-order valence-electron chi connectivity index (χ4n) is 3.25. The van der Waals surface area contributed by atoms with Crippen LogP contribution in [0.3, 0.4) is 0 Å². The molecule has 0 heteroatoms. The molecule has 0 unspecified atom stereocenters. The van der Waals surface area contributed by atoms with Gasteiger partial charge in [-0.3, -0.25) is 0 Å². The summed E-state index contributed by atoms with van der Waals surface area (Å²) in [5.74, 6) is 0. The van der Waals surface area contributed by atoms with Gasteiger partial charge >= 0.3 is 0 Å². The van der Waals surface area contributed by atoms with Crippen LogP contribution in [-0.2, 0) is 0 Å². The number of aryl methyl sites for hydroxylation is 1. The van der Waals surface area contributed by atoms with Gasteiger partial charge < -0.3 is 0 Å². The summed E-state index contributed by atoms with van der Waals surface area (Å²) in [6.45, 7) is 2.17. The standard InChI is InChI=1S/C19H16/c1-13-10-11-18-16-8-3-2-6-14(16)15-7-4-5-9-17(15)19(18)12-13/h4-12H,2-3H2,1H3. The molecule has 0 aliphatic heterocycles. The molecule has 1 aliphatic rings. The molecule has 92 valence electrons. The predicted molar refractivity (Wildman–Crippen MR) is 83.6 cm³/mol. The second-order valence-corrected chi connectivity index (χ2v) is 5.41. The third-order valence-electron chi connectivity index (χ3n) is 4.13. The summed E-state index contributed by atoms with van der Waals surface area (Å²) in [4.78, 5) is 0. The van der Waals surface area contributed by atoms with Crippen molar-refractivity contribution in [3.63, 3.8) is 0 Å². The van der Waals surface area contributed by atoms with Crippen LogP contribution >= 0.6 is 0 Å². The first-order valence-corrected chi connectivity index (χ1v) is 6.96. The quantitative estimate of drug-likeness (QED) is 0.529. The fraction of sp³-hybridized carbons (Fsp3) is 0.158. The Labute approximate surface area is 112 Å². The lowest BCUT2D eigenvalue weighted by atomic mass is 9.93. The van der Waals surface area contributed by atoms with Crippen molar-refractivity contribution < 1.29 is 0 Å². The summed E-state index contributed by atoms with van der Waals surface area (Å²) in [6, 6.07) is 15.6. The average molecular weight is 244 g/mol. The van der Waals surface area contributed by atoms with Gasteiger partial charge in [-0.15, -0.1) is 0 Å². The molecule has 0 saturated heterocycles. The van der Waals surface area contributed by atoms with Crippen molar-refractivity contribution in [1.29, 1.82) is 0 Å². The first-order chi connectivity index (χ1) is 9.34. The molecule has 0 bridgehead atoms. The van der Waals surface area contributed by atoms with Gasteiger partial charge in [-0.2, -0.15) is 0 Å². The van der Waals surface area contributed by atoms with E-state index in [-0.39, 0.29) is 0 Å². The molecule has 1 aliphatic carbocycles. The van der Waals surface area contributed by atoms with E-state index in [2.05, 4.69) is 61.5 Å². The van der Waals surface area contributed by atoms with Crippen molar-refractivity contribution in [3.8, 4) is 0 Å². The molecule has 0 heterocycles. The van der Waals surface area contributed by atoms with E-state index in [0.717, 1.165) is 12.8 Å². The summed E-state index contributed by atoms with van der Waals surface area (Å²) >= 11 is 0. The maximum absolute atomic E-state index is 2.40. The molecule has 0 aromatic heterocycles. The normalized spacial score (nSPS) is 13.9. The van der Waals surface area contributed by atoms with E-state index < -0.39 is 0 Å². The summed E-state index contributed by atoms with van der Waals surface area (Å²) in [5, 5.41) is 8.42. The number of fused-ring (bicyclic) bond motifs is 6. The van der Waals surface area contributed by atoms with E-state index >= 15 is 0 Å². The Bertz CT molecular complexity index is 914. The van der Waals surface area contributed by atoms with Gasteiger partial charge in [0.1, 0.15) is 0 Å². The Kier molecular flexibility index (Phi) is 2.25. The van der Waals surface area contributed by atoms with Gasteiger partial charge in [0.05, 0.1) is 0 Å². The molecule has 3 aromatic rings. The van der Waals surface area contributed by atoms with Crippen molar-refractivity contribution >= 4 is 33.7 Å². The van der Waals surface area contributed by atoms with E-state index in [1.807, 2.05) is 0 Å². The molecule has 0 spiro atoms. The molecule has 4 rings (SSSR count). The minimum atomic E-state index is 1.16. The Morgan fingerprint density at radius 3 is 2.05 bits per heavy atom. The summed E-state index contributed by atoms with van der Waals surface area (Å²) in [5.41, 5.74) is 1.33. The van der Waals surface area contributed by atoms with E-state index in [9.17, 15) is 0 Å². The molecule has 3 aromatic carbocycles. The monoisotopic (exact) mass is 244 g/mol. The largest absolute Gasteiger partial charge is 0.0757 e. The summed E-state index contributed by atoms with van der Waals surface area (Å²) < 4.78 is 0. The van der Waals surface area contributed by atoms with Crippen molar-refractivity contribution in [2.75, 3.05) is 0 Å². The zero-order valence-electron chi connectivity index (χ0n) is 11.1. The highest BCUT2D eigenvalue weighted by molar-refractivity contribution is 6.08. The van der Waals surface area contributed by atoms with Crippen LogP contribution in [0.2, 0.25) is 0 Å². The van der Waals surface area contributed by atoms with Crippen LogP contribution < -0.4 is 10.4 Å². The van der Waals surface area contributed by atoms with Crippen LogP contribution in [0.25, 0.3) is 33.7 Å². The molecule has 19 heavy (non-hydrogen) atoms. The van der Waals surface area contributed by atoms with Crippen molar-refractivity contribution in [1.82, 2.24) is 0 Å². The molecule has 0 atom stereocenters. The Morgan fingerprint density at radius 1 is 0.684 bits per heavy atom. The van der Waals surface area contributed by atoms with E-state index in [1.165, 1.54) is 37.5 Å². The molecular formula is C19H16. The smallest absolute Gasteiger partial charge is 0.00964 e. The highest BCUT2D eigenvalue weighted by atomic mass is 14.1. The lowest BCUT2D eigenvalue weighted by Gasteiger charge is -2.10. The SMILES string of the molecule is Cc1ccc2c3c(c4ccccc4c2c1)=CCCC=3. The van der Waals surface area contributed by atoms with Gasteiger partial charge in [-0.05, 0) is 51.7 Å². The third-order valence-corrected chi connectivity index (χ3v) is 4.13. The van der Waals surface area contributed by atoms with E-state index in [0.29, 0.717) is 0 Å². The van der Waals surface area contributed by atoms with Gasteiger partial charge in [0.2, 0.25) is 0 Å². The lowest BCUT2D eigenvalue weighted by Crippen LogP contribution is -2.28. The van der Waals surface area contributed by atoms with Gasteiger partial charge in [0, 0.05) is 0 Å². The minimum absolute atomic E-state index is 1.16. The summed E-state index contributed by atoms with van der Waals surface area (Å²) in [7, 11) is 0. The molecule has 0 radical (unpaired) electrons. The number of hydrogen-bond donors (Lipinski definition) is 0. The van der Waals surface area contributed by atoms with E-state index in [4.69, 9.17) is 0 Å². The Hall–Kier alpha value is -2.08. The third kappa shape index (κ3) is 1.53. The number of rotatable bonds is 0. The fourth-order valence-corrected chi connectivity index (χ4v) is 3.25. The van der Waals surface area contributed by atoms with E-state index in [1.54, 1.807) is 0 Å². The van der Waals surface area contributed by atoms with Crippen LogP contribution in [0, 0.1) is 6.92 Å². The van der Waals surface area contributed by atoms with Gasteiger partial charge in [0.15, 0.2) is 0 Å². The first kappa shape index (κ1) is 10.8.